The van der Waals surface area contributed by atoms with Crippen LogP contribution in [0.15, 0.2) is 16.6 Å². The third-order valence-corrected chi connectivity index (χ3v) is 2.78. The molecular formula is C9H9BrClF2N3. The van der Waals surface area contributed by atoms with E-state index in [-0.39, 0.29) is 16.4 Å². The third-order valence-electron chi connectivity index (χ3n) is 1.81. The molecule has 0 unspecified atom stereocenters. The van der Waals surface area contributed by atoms with Gasteiger partial charge in [0.25, 0.3) is 6.43 Å². The zero-order valence-corrected chi connectivity index (χ0v) is 10.4. The van der Waals surface area contributed by atoms with Gasteiger partial charge in [-0.15, -0.1) is 0 Å². The molecule has 3 nitrogen and oxygen atoms in total. The standard InChI is InChI=1S/C9H9BrClF2N3/c10-4-1-2-5(11)7(9(14)15)8(4)16-3-6(12)13/h1-2,6,16H,3H2,(H3,14,15). The van der Waals surface area contributed by atoms with Crippen molar-refractivity contribution >= 4 is 39.1 Å². The largest absolute Gasteiger partial charge is 0.384 e. The van der Waals surface area contributed by atoms with Crippen LogP contribution in [0, 0.1) is 5.41 Å². The van der Waals surface area contributed by atoms with Gasteiger partial charge in [-0.3, -0.25) is 5.41 Å². The maximum absolute atomic E-state index is 12.1. The maximum atomic E-state index is 12.1. The predicted octanol–water partition coefficient (Wildman–Crippen LogP) is 3.06. The lowest BCUT2D eigenvalue weighted by Crippen LogP contribution is -2.18. The molecule has 0 saturated heterocycles. The Morgan fingerprint density at radius 1 is 1.56 bits per heavy atom. The lowest BCUT2D eigenvalue weighted by Gasteiger charge is -2.14. The summed E-state index contributed by atoms with van der Waals surface area (Å²) in [6.45, 7) is -0.529. The second-order valence-corrected chi connectivity index (χ2v) is 4.23. The number of hydrogen-bond acceptors (Lipinski definition) is 2. The second-order valence-electron chi connectivity index (χ2n) is 2.96. The summed E-state index contributed by atoms with van der Waals surface area (Å²) in [6.07, 6.45) is -2.49. The number of rotatable bonds is 4. The third kappa shape index (κ3) is 3.05. The first-order chi connectivity index (χ1) is 7.43. The first-order valence-electron chi connectivity index (χ1n) is 4.28. The lowest BCUT2D eigenvalue weighted by molar-refractivity contribution is 0.163. The SMILES string of the molecule is N=C(N)c1c(Cl)ccc(Br)c1NCC(F)F. The van der Waals surface area contributed by atoms with Crippen molar-refractivity contribution in [2.24, 2.45) is 5.73 Å². The molecule has 0 aromatic heterocycles. The van der Waals surface area contributed by atoms with E-state index in [9.17, 15) is 8.78 Å². The number of hydrogen-bond donors (Lipinski definition) is 3. The Hall–Kier alpha value is -0.880. The van der Waals surface area contributed by atoms with E-state index in [2.05, 4.69) is 21.2 Å². The molecule has 1 aromatic carbocycles. The predicted molar refractivity (Wildman–Crippen MR) is 64.7 cm³/mol. The van der Waals surface area contributed by atoms with E-state index < -0.39 is 13.0 Å². The highest BCUT2D eigenvalue weighted by Crippen LogP contribution is 2.31. The fourth-order valence-electron chi connectivity index (χ4n) is 1.17. The van der Waals surface area contributed by atoms with Gasteiger partial charge in [-0.05, 0) is 28.1 Å². The Morgan fingerprint density at radius 2 is 2.19 bits per heavy atom. The van der Waals surface area contributed by atoms with E-state index in [1.54, 1.807) is 6.07 Å². The van der Waals surface area contributed by atoms with Crippen LogP contribution in [0.1, 0.15) is 5.56 Å². The van der Waals surface area contributed by atoms with Crippen LogP contribution in [0.25, 0.3) is 0 Å². The number of halogens is 4. The molecule has 0 bridgehead atoms. The molecule has 0 fully saturated rings. The number of nitrogen functional groups attached to an aromatic ring is 1. The fraction of sp³-hybridized carbons (Fsp3) is 0.222. The highest BCUT2D eigenvalue weighted by molar-refractivity contribution is 9.10. The van der Waals surface area contributed by atoms with Crippen LogP contribution in [0.5, 0.6) is 0 Å². The summed E-state index contributed by atoms with van der Waals surface area (Å²) in [4.78, 5) is 0. The summed E-state index contributed by atoms with van der Waals surface area (Å²) >= 11 is 9.02. The van der Waals surface area contributed by atoms with Gasteiger partial charge in [0.15, 0.2) is 0 Å². The number of alkyl halides is 2. The minimum atomic E-state index is -2.49. The normalized spacial score (nSPS) is 10.6. The molecule has 7 heteroatoms. The minimum absolute atomic E-state index is 0.219. The Balaban J connectivity index is 3.13. The van der Waals surface area contributed by atoms with Crippen molar-refractivity contribution < 1.29 is 8.78 Å². The number of amidine groups is 1. The number of benzene rings is 1. The Labute approximate surface area is 105 Å². The van der Waals surface area contributed by atoms with Crippen LogP contribution in [0.2, 0.25) is 5.02 Å². The summed E-state index contributed by atoms with van der Waals surface area (Å²) < 4.78 is 24.7. The van der Waals surface area contributed by atoms with Gasteiger partial charge in [0.05, 0.1) is 22.8 Å². The van der Waals surface area contributed by atoms with Crippen molar-refractivity contribution in [3.63, 3.8) is 0 Å². The smallest absolute Gasteiger partial charge is 0.255 e. The monoisotopic (exact) mass is 311 g/mol. The van der Waals surface area contributed by atoms with Crippen molar-refractivity contribution in [3.8, 4) is 0 Å². The molecule has 0 heterocycles. The van der Waals surface area contributed by atoms with Gasteiger partial charge < -0.3 is 11.1 Å². The molecule has 0 aliphatic rings. The maximum Gasteiger partial charge on any atom is 0.255 e. The molecule has 0 atom stereocenters. The molecule has 0 spiro atoms. The molecule has 4 N–H and O–H groups in total. The summed E-state index contributed by atoms with van der Waals surface area (Å²) in [5.41, 5.74) is 5.87. The van der Waals surface area contributed by atoms with Gasteiger partial charge >= 0.3 is 0 Å². The first-order valence-corrected chi connectivity index (χ1v) is 5.45. The van der Waals surface area contributed by atoms with E-state index in [0.29, 0.717) is 10.2 Å². The molecule has 88 valence electrons. The molecule has 16 heavy (non-hydrogen) atoms. The average molecular weight is 313 g/mol. The van der Waals surface area contributed by atoms with Crippen molar-refractivity contribution in [1.29, 1.82) is 5.41 Å². The Bertz CT molecular complexity index is 412. The Kier molecular flexibility index (Phi) is 4.49. The van der Waals surface area contributed by atoms with Crippen molar-refractivity contribution in [1.82, 2.24) is 0 Å². The number of nitrogens with two attached hydrogens (primary N) is 1. The average Bonchev–Trinajstić information content (AvgIpc) is 2.18. The van der Waals surface area contributed by atoms with E-state index in [0.717, 1.165) is 0 Å². The van der Waals surface area contributed by atoms with Crippen LogP contribution >= 0.6 is 27.5 Å². The van der Waals surface area contributed by atoms with Gasteiger partial charge in [0.2, 0.25) is 0 Å². The van der Waals surface area contributed by atoms with E-state index in [1.165, 1.54) is 6.07 Å². The zero-order chi connectivity index (χ0) is 12.3. The second kappa shape index (κ2) is 5.45. The fourth-order valence-corrected chi connectivity index (χ4v) is 1.90. The quantitative estimate of drug-likeness (QED) is 0.591. The van der Waals surface area contributed by atoms with Gasteiger partial charge in [-0.2, -0.15) is 0 Å². The molecule has 0 amide bonds. The first kappa shape index (κ1) is 13.2. The molecule has 0 aliphatic carbocycles. The van der Waals surface area contributed by atoms with Crippen molar-refractivity contribution in [3.05, 3.63) is 27.2 Å². The van der Waals surface area contributed by atoms with E-state index in [4.69, 9.17) is 22.7 Å². The van der Waals surface area contributed by atoms with Crippen LogP contribution in [0.3, 0.4) is 0 Å². The van der Waals surface area contributed by atoms with Crippen LogP contribution in [-0.2, 0) is 0 Å². The summed E-state index contributed by atoms with van der Waals surface area (Å²) in [5.74, 6) is -0.275. The van der Waals surface area contributed by atoms with E-state index in [1.807, 2.05) is 0 Å². The summed E-state index contributed by atoms with van der Waals surface area (Å²) in [7, 11) is 0. The topological polar surface area (TPSA) is 61.9 Å². The van der Waals surface area contributed by atoms with Crippen LogP contribution in [-0.4, -0.2) is 18.8 Å². The van der Waals surface area contributed by atoms with Gasteiger partial charge in [0, 0.05) is 4.47 Å². The zero-order valence-electron chi connectivity index (χ0n) is 8.03. The number of nitrogens with one attached hydrogen (secondary N) is 2. The van der Waals surface area contributed by atoms with Crippen LogP contribution < -0.4 is 11.1 Å². The molecule has 1 aromatic rings. The van der Waals surface area contributed by atoms with Gasteiger partial charge in [-0.1, -0.05) is 11.6 Å². The molecule has 0 saturated carbocycles. The molecule has 1 rings (SSSR count). The van der Waals surface area contributed by atoms with Crippen LogP contribution in [0.4, 0.5) is 14.5 Å². The Morgan fingerprint density at radius 3 is 2.69 bits per heavy atom. The minimum Gasteiger partial charge on any atom is -0.384 e. The summed E-state index contributed by atoms with van der Waals surface area (Å²) in [5, 5.41) is 10.1. The van der Waals surface area contributed by atoms with E-state index >= 15 is 0 Å². The highest BCUT2D eigenvalue weighted by atomic mass is 79.9. The molecule has 0 radical (unpaired) electrons. The van der Waals surface area contributed by atoms with Crippen molar-refractivity contribution in [2.45, 2.75) is 6.43 Å². The molecule has 0 aliphatic heterocycles. The highest BCUT2D eigenvalue weighted by Gasteiger charge is 2.14. The molecular weight excluding hydrogens is 303 g/mol. The van der Waals surface area contributed by atoms with Crippen molar-refractivity contribution in [2.75, 3.05) is 11.9 Å². The lowest BCUT2D eigenvalue weighted by atomic mass is 10.1. The summed E-state index contributed by atoms with van der Waals surface area (Å²) in [6, 6.07) is 3.14. The van der Waals surface area contributed by atoms with Gasteiger partial charge in [-0.25, -0.2) is 8.78 Å². The number of anilines is 1. The van der Waals surface area contributed by atoms with Gasteiger partial charge in [0.1, 0.15) is 5.84 Å².